The molecule has 1 fully saturated rings. The Bertz CT molecular complexity index is 1450. The molecule has 1 amide bonds. The van der Waals surface area contributed by atoms with Crippen molar-refractivity contribution in [3.05, 3.63) is 45.2 Å². The van der Waals surface area contributed by atoms with Gasteiger partial charge in [0.2, 0.25) is 17.3 Å². The van der Waals surface area contributed by atoms with Gasteiger partial charge >= 0.3 is 0 Å². The first-order chi connectivity index (χ1) is 18.4. The molecule has 3 aliphatic heterocycles. The SMILES string of the molecule is COc1c(C)cc2c(c1O)[C@@H]1[C@@H]3CC4=C(C(=O)C(=O)C(C)=C4O)[C@H](CNC(=O)C(C)=O)N3[C@@H](C#N)[C@H](C2)N1C. The van der Waals surface area contributed by atoms with Crippen LogP contribution in [0, 0.1) is 18.3 Å². The Labute approximate surface area is 225 Å². The highest BCUT2D eigenvalue weighted by Crippen LogP contribution is 2.53. The van der Waals surface area contributed by atoms with Gasteiger partial charge in [-0.3, -0.25) is 29.0 Å². The van der Waals surface area contributed by atoms with Crippen LogP contribution in [0.4, 0.5) is 0 Å². The van der Waals surface area contributed by atoms with Gasteiger partial charge in [0, 0.05) is 47.8 Å². The molecule has 11 heteroatoms. The van der Waals surface area contributed by atoms with E-state index in [0.29, 0.717) is 17.7 Å². The number of phenolic OH excluding ortho intramolecular Hbond substituents is 1. The van der Waals surface area contributed by atoms with Crippen LogP contribution in [-0.2, 0) is 25.6 Å². The van der Waals surface area contributed by atoms with Crippen LogP contribution in [0.2, 0.25) is 0 Å². The number of piperazine rings is 1. The van der Waals surface area contributed by atoms with E-state index in [1.54, 1.807) is 0 Å². The Hall–Kier alpha value is -4.01. The lowest BCUT2D eigenvalue weighted by Gasteiger charge is -2.60. The highest BCUT2D eigenvalue weighted by atomic mass is 16.5. The van der Waals surface area contributed by atoms with Crippen LogP contribution in [0.5, 0.6) is 11.5 Å². The Morgan fingerprint density at radius 1 is 1.18 bits per heavy atom. The summed E-state index contributed by atoms with van der Waals surface area (Å²) in [4.78, 5) is 53.9. The van der Waals surface area contributed by atoms with Gasteiger partial charge in [0.15, 0.2) is 11.5 Å². The van der Waals surface area contributed by atoms with Crippen LogP contribution in [0.15, 0.2) is 28.5 Å². The van der Waals surface area contributed by atoms with Crippen LogP contribution < -0.4 is 10.1 Å². The van der Waals surface area contributed by atoms with Crippen molar-refractivity contribution in [2.45, 2.75) is 63.8 Å². The highest BCUT2D eigenvalue weighted by molar-refractivity contribution is 6.50. The number of ether oxygens (including phenoxy) is 1. The van der Waals surface area contributed by atoms with Gasteiger partial charge in [-0.2, -0.15) is 5.26 Å². The average Bonchev–Trinajstić information content (AvgIpc) is 2.89. The largest absolute Gasteiger partial charge is 0.507 e. The number of aliphatic hydroxyl groups excluding tert-OH is 1. The minimum Gasteiger partial charge on any atom is -0.507 e. The lowest BCUT2D eigenvalue weighted by molar-refractivity contribution is -0.137. The first-order valence-electron chi connectivity index (χ1n) is 12.7. The van der Waals surface area contributed by atoms with Crippen LogP contribution in [0.3, 0.4) is 0 Å². The third-order valence-electron chi connectivity index (χ3n) is 8.66. The number of likely N-dealkylation sites (N-methyl/N-ethyl adjacent to an activating group) is 1. The molecule has 204 valence electrons. The zero-order valence-electron chi connectivity index (χ0n) is 22.4. The first kappa shape index (κ1) is 26.6. The average molecular weight is 535 g/mol. The second kappa shape index (κ2) is 9.32. The predicted molar refractivity (Wildman–Crippen MR) is 137 cm³/mol. The molecule has 4 aliphatic rings. The number of ketones is 3. The summed E-state index contributed by atoms with van der Waals surface area (Å²) in [5.74, 6) is -3.21. The van der Waals surface area contributed by atoms with Crippen molar-refractivity contribution < 1.29 is 34.1 Å². The topological polar surface area (TPSA) is 160 Å². The molecule has 1 aliphatic carbocycles. The molecule has 1 aromatic carbocycles. The summed E-state index contributed by atoms with van der Waals surface area (Å²) < 4.78 is 5.49. The van der Waals surface area contributed by atoms with Crippen molar-refractivity contribution in [1.82, 2.24) is 15.1 Å². The number of phenols is 1. The standard InChI is InChI=1S/C28H30N4O7/c1-11-6-14-7-16-18(9-29)32-17(22(31(16)4)20(14)26(37)27(11)39-5)8-15-21(19(32)10-30-28(38)13(3)33)25(36)24(35)12(2)23(15)34/h6,16-19,22,34,37H,7-8,10H2,1-5H3,(H,30,38)/t16-,17-,18-,19-,22-/m0/s1. The molecule has 1 aromatic rings. The predicted octanol–water partition coefficient (Wildman–Crippen LogP) is 0.941. The first-order valence-corrected chi connectivity index (χ1v) is 12.7. The number of hydrogen-bond donors (Lipinski definition) is 3. The lowest BCUT2D eigenvalue weighted by Crippen LogP contribution is -2.71. The number of amides is 1. The summed E-state index contributed by atoms with van der Waals surface area (Å²) >= 11 is 0. The van der Waals surface area contributed by atoms with Crippen molar-refractivity contribution in [2.24, 2.45) is 0 Å². The van der Waals surface area contributed by atoms with Crippen LogP contribution in [-0.4, -0.2) is 88.1 Å². The molecule has 3 heterocycles. The van der Waals surface area contributed by atoms with Gasteiger partial charge in [0.05, 0.1) is 25.3 Å². The smallest absolute Gasteiger partial charge is 0.287 e. The number of hydrogen-bond acceptors (Lipinski definition) is 10. The maximum atomic E-state index is 13.3. The third kappa shape index (κ3) is 3.70. The van der Waals surface area contributed by atoms with E-state index >= 15 is 0 Å². The van der Waals surface area contributed by atoms with Crippen molar-refractivity contribution in [1.29, 1.82) is 5.26 Å². The number of fused-ring (bicyclic) bond motifs is 6. The quantitative estimate of drug-likeness (QED) is 0.375. The minimum absolute atomic E-state index is 0.00907. The molecule has 0 radical (unpaired) electrons. The highest BCUT2D eigenvalue weighted by Gasteiger charge is 2.57. The van der Waals surface area contributed by atoms with Gasteiger partial charge in [0.25, 0.3) is 5.91 Å². The van der Waals surface area contributed by atoms with Gasteiger partial charge < -0.3 is 20.3 Å². The number of nitrogens with zero attached hydrogens (tertiary/aromatic N) is 3. The molecule has 3 N–H and O–H groups in total. The second-order valence-corrected chi connectivity index (χ2v) is 10.6. The monoisotopic (exact) mass is 534 g/mol. The zero-order valence-corrected chi connectivity index (χ0v) is 22.4. The van der Waals surface area contributed by atoms with E-state index in [1.807, 2.05) is 29.8 Å². The molecule has 39 heavy (non-hydrogen) atoms. The Balaban J connectivity index is 1.74. The van der Waals surface area contributed by atoms with Crippen molar-refractivity contribution in [3.8, 4) is 17.6 Å². The second-order valence-electron chi connectivity index (χ2n) is 10.6. The molecular formula is C28H30N4O7. The summed E-state index contributed by atoms with van der Waals surface area (Å²) in [6.45, 7) is 4.11. The number of methoxy groups -OCH3 is 1. The maximum Gasteiger partial charge on any atom is 0.287 e. The van der Waals surface area contributed by atoms with E-state index < -0.39 is 47.4 Å². The van der Waals surface area contributed by atoms with E-state index in [4.69, 9.17) is 4.74 Å². The molecule has 0 spiro atoms. The molecule has 0 aromatic heterocycles. The normalized spacial score (nSPS) is 28.4. The number of allylic oxidation sites excluding steroid dienone is 2. The number of carbonyl (C=O) groups is 4. The number of aliphatic hydroxyl groups is 1. The Morgan fingerprint density at radius 2 is 1.87 bits per heavy atom. The van der Waals surface area contributed by atoms with Crippen LogP contribution in [0.25, 0.3) is 0 Å². The summed E-state index contributed by atoms with van der Waals surface area (Å²) in [5, 5.41) is 35.4. The number of Topliss-reactive ketones (excluding diaryl/α,β-unsaturated/α-hetero) is 3. The third-order valence-corrected chi connectivity index (χ3v) is 8.66. The van der Waals surface area contributed by atoms with E-state index in [-0.39, 0.29) is 47.2 Å². The van der Waals surface area contributed by atoms with Crippen molar-refractivity contribution in [3.63, 3.8) is 0 Å². The molecule has 5 rings (SSSR count). The number of carbonyl (C=O) groups excluding carboxylic acids is 4. The zero-order chi connectivity index (χ0) is 28.5. The fraction of sp³-hybridized carbons (Fsp3) is 0.464. The molecular weight excluding hydrogens is 504 g/mol. The molecule has 11 nitrogen and oxygen atoms in total. The lowest BCUT2D eigenvalue weighted by atomic mass is 9.70. The van der Waals surface area contributed by atoms with E-state index in [1.165, 1.54) is 14.0 Å². The van der Waals surface area contributed by atoms with Gasteiger partial charge in [-0.1, -0.05) is 6.07 Å². The summed E-state index contributed by atoms with van der Waals surface area (Å²) in [5.41, 5.74) is 2.50. The fourth-order valence-corrected chi connectivity index (χ4v) is 6.89. The summed E-state index contributed by atoms with van der Waals surface area (Å²) in [6, 6.07) is 1.24. The molecule has 2 bridgehead atoms. The van der Waals surface area contributed by atoms with Gasteiger partial charge in [-0.05, 0) is 44.9 Å². The molecule has 0 saturated carbocycles. The summed E-state index contributed by atoms with van der Waals surface area (Å²) in [6.07, 6.45) is 0.543. The summed E-state index contributed by atoms with van der Waals surface area (Å²) in [7, 11) is 3.35. The minimum atomic E-state index is -0.965. The number of aryl methyl sites for hydroxylation is 1. The number of nitrogens with one attached hydrogen (secondary N) is 1. The van der Waals surface area contributed by atoms with Gasteiger partial charge in [-0.25, -0.2) is 0 Å². The van der Waals surface area contributed by atoms with Crippen LogP contribution >= 0.6 is 0 Å². The fourth-order valence-electron chi connectivity index (χ4n) is 6.89. The van der Waals surface area contributed by atoms with Gasteiger partial charge in [-0.15, -0.1) is 0 Å². The Kier molecular flexibility index (Phi) is 6.36. The molecule has 5 atom stereocenters. The number of benzene rings is 1. The molecule has 1 saturated heterocycles. The Morgan fingerprint density at radius 3 is 2.49 bits per heavy atom. The van der Waals surface area contributed by atoms with Crippen LogP contribution in [0.1, 0.15) is 43.0 Å². The van der Waals surface area contributed by atoms with Crippen molar-refractivity contribution >= 4 is 23.3 Å². The number of aromatic hydroxyl groups is 1. The van der Waals surface area contributed by atoms with E-state index in [2.05, 4.69) is 11.4 Å². The van der Waals surface area contributed by atoms with Crippen molar-refractivity contribution in [2.75, 3.05) is 20.7 Å². The van der Waals surface area contributed by atoms with E-state index in [9.17, 15) is 34.7 Å². The number of nitriles is 1. The van der Waals surface area contributed by atoms with Gasteiger partial charge in [0.1, 0.15) is 11.8 Å². The maximum absolute atomic E-state index is 13.3. The number of rotatable bonds is 4. The molecule has 0 unspecified atom stereocenters. The van der Waals surface area contributed by atoms with E-state index in [0.717, 1.165) is 18.1 Å².